The fourth-order valence-corrected chi connectivity index (χ4v) is 3.60. The van der Waals surface area contributed by atoms with Crippen molar-refractivity contribution in [2.24, 2.45) is 0 Å². The summed E-state index contributed by atoms with van der Waals surface area (Å²) in [6.45, 7) is 6.12. The standard InChI is InChI=1S/C19H20N2O2S/c1-12-8-9-15(10-13(12)2)14(3)20-18(22)11-21-16-6-4-5-7-17(16)24-19(21)23/h4-10,14H,11H2,1-3H3,(H,20,22)/t14-/m0/s1. The van der Waals surface area contributed by atoms with Crippen molar-refractivity contribution < 1.29 is 4.79 Å². The largest absolute Gasteiger partial charge is 0.348 e. The molecule has 0 aliphatic rings. The molecule has 1 heterocycles. The van der Waals surface area contributed by atoms with Gasteiger partial charge in [-0.3, -0.25) is 14.2 Å². The van der Waals surface area contributed by atoms with Gasteiger partial charge >= 0.3 is 4.87 Å². The van der Waals surface area contributed by atoms with Gasteiger partial charge < -0.3 is 5.32 Å². The number of benzene rings is 2. The molecule has 24 heavy (non-hydrogen) atoms. The Labute approximate surface area is 144 Å². The van der Waals surface area contributed by atoms with E-state index in [-0.39, 0.29) is 23.4 Å². The molecule has 0 aliphatic heterocycles. The number of thiazole rings is 1. The first-order chi connectivity index (χ1) is 11.5. The average Bonchev–Trinajstić information content (AvgIpc) is 2.86. The van der Waals surface area contributed by atoms with Crippen molar-refractivity contribution in [3.05, 3.63) is 68.8 Å². The first-order valence-electron chi connectivity index (χ1n) is 7.90. The van der Waals surface area contributed by atoms with Crippen molar-refractivity contribution in [2.75, 3.05) is 0 Å². The molecule has 0 aliphatic carbocycles. The number of fused-ring (bicyclic) bond motifs is 1. The number of hydrogen-bond acceptors (Lipinski definition) is 3. The Balaban J connectivity index is 1.76. The smallest absolute Gasteiger partial charge is 0.308 e. The molecule has 3 aromatic rings. The van der Waals surface area contributed by atoms with E-state index in [0.29, 0.717) is 0 Å². The second-order valence-corrected chi connectivity index (χ2v) is 7.05. The van der Waals surface area contributed by atoms with E-state index in [2.05, 4.69) is 31.3 Å². The summed E-state index contributed by atoms with van der Waals surface area (Å²) in [4.78, 5) is 24.4. The van der Waals surface area contributed by atoms with Crippen molar-refractivity contribution >= 4 is 27.5 Å². The average molecular weight is 340 g/mol. The van der Waals surface area contributed by atoms with Crippen LogP contribution in [0, 0.1) is 13.8 Å². The summed E-state index contributed by atoms with van der Waals surface area (Å²) >= 11 is 1.17. The van der Waals surface area contributed by atoms with Crippen LogP contribution < -0.4 is 10.2 Å². The van der Waals surface area contributed by atoms with Crippen LogP contribution in [0.2, 0.25) is 0 Å². The number of rotatable bonds is 4. The van der Waals surface area contributed by atoms with Crippen LogP contribution in [0.25, 0.3) is 10.2 Å². The summed E-state index contributed by atoms with van der Waals surface area (Å²) in [5, 5.41) is 2.98. The Bertz CT molecular complexity index is 955. The van der Waals surface area contributed by atoms with Crippen LogP contribution in [0.5, 0.6) is 0 Å². The number of amides is 1. The van der Waals surface area contributed by atoms with E-state index < -0.39 is 0 Å². The maximum absolute atomic E-state index is 12.4. The minimum absolute atomic E-state index is 0.0397. The van der Waals surface area contributed by atoms with Gasteiger partial charge in [0.1, 0.15) is 6.54 Å². The lowest BCUT2D eigenvalue weighted by molar-refractivity contribution is -0.122. The van der Waals surface area contributed by atoms with Crippen molar-refractivity contribution in [1.82, 2.24) is 9.88 Å². The zero-order valence-corrected chi connectivity index (χ0v) is 14.8. The Morgan fingerprint density at radius 2 is 1.92 bits per heavy atom. The van der Waals surface area contributed by atoms with Crippen molar-refractivity contribution in [1.29, 1.82) is 0 Å². The van der Waals surface area contributed by atoms with Gasteiger partial charge in [0, 0.05) is 0 Å². The molecular weight excluding hydrogens is 320 g/mol. The minimum atomic E-state index is -0.161. The Kier molecular flexibility index (Phi) is 4.53. The molecule has 0 bridgehead atoms. The third kappa shape index (κ3) is 3.26. The Hall–Kier alpha value is -2.40. The SMILES string of the molecule is Cc1ccc([C@H](C)NC(=O)Cn2c(=O)sc3ccccc32)cc1C. The fraction of sp³-hybridized carbons (Fsp3) is 0.263. The summed E-state index contributed by atoms with van der Waals surface area (Å²) in [6, 6.07) is 13.6. The van der Waals surface area contributed by atoms with Gasteiger partial charge in [-0.15, -0.1) is 0 Å². The molecule has 4 nitrogen and oxygen atoms in total. The van der Waals surface area contributed by atoms with Gasteiger partial charge in [0.25, 0.3) is 0 Å². The molecule has 3 rings (SSSR count). The lowest BCUT2D eigenvalue weighted by Gasteiger charge is -2.16. The molecular formula is C19H20N2O2S. The first-order valence-corrected chi connectivity index (χ1v) is 8.72. The molecule has 0 saturated heterocycles. The second-order valence-electron chi connectivity index (χ2n) is 6.05. The fourth-order valence-electron chi connectivity index (χ4n) is 2.71. The molecule has 0 fully saturated rings. The predicted molar refractivity (Wildman–Crippen MR) is 98.6 cm³/mol. The Morgan fingerprint density at radius 3 is 2.67 bits per heavy atom. The zero-order valence-electron chi connectivity index (χ0n) is 14.0. The van der Waals surface area contributed by atoms with Crippen LogP contribution in [0.4, 0.5) is 0 Å². The Morgan fingerprint density at radius 1 is 1.17 bits per heavy atom. The number of hydrogen-bond donors (Lipinski definition) is 1. The minimum Gasteiger partial charge on any atom is -0.348 e. The molecule has 0 radical (unpaired) electrons. The third-order valence-electron chi connectivity index (χ3n) is 4.28. The monoisotopic (exact) mass is 340 g/mol. The van der Waals surface area contributed by atoms with Gasteiger partial charge in [0.2, 0.25) is 5.91 Å². The molecule has 0 saturated carbocycles. The van der Waals surface area contributed by atoms with Gasteiger partial charge in [0.15, 0.2) is 0 Å². The van der Waals surface area contributed by atoms with E-state index in [1.807, 2.05) is 37.3 Å². The molecule has 0 spiro atoms. The maximum atomic E-state index is 12.4. The topological polar surface area (TPSA) is 51.1 Å². The predicted octanol–water partition coefficient (Wildman–Crippen LogP) is 3.56. The van der Waals surface area contributed by atoms with Gasteiger partial charge in [0.05, 0.1) is 16.3 Å². The molecule has 2 aromatic carbocycles. The van der Waals surface area contributed by atoms with Gasteiger partial charge in [-0.25, -0.2) is 0 Å². The van der Waals surface area contributed by atoms with Crippen LogP contribution in [0.15, 0.2) is 47.3 Å². The highest BCUT2D eigenvalue weighted by Gasteiger charge is 2.14. The number of carbonyl (C=O) groups excluding carboxylic acids is 1. The maximum Gasteiger partial charge on any atom is 0.308 e. The third-order valence-corrected chi connectivity index (χ3v) is 5.24. The van der Waals surface area contributed by atoms with Crippen LogP contribution in [-0.2, 0) is 11.3 Å². The van der Waals surface area contributed by atoms with E-state index >= 15 is 0 Å². The first kappa shape index (κ1) is 16.5. The highest BCUT2D eigenvalue weighted by molar-refractivity contribution is 7.16. The van der Waals surface area contributed by atoms with Gasteiger partial charge in [-0.1, -0.05) is 41.7 Å². The number of aryl methyl sites for hydroxylation is 2. The number of nitrogens with zero attached hydrogens (tertiary/aromatic N) is 1. The van der Waals surface area contributed by atoms with E-state index in [1.54, 1.807) is 0 Å². The van der Waals surface area contributed by atoms with Crippen LogP contribution in [-0.4, -0.2) is 10.5 Å². The quantitative estimate of drug-likeness (QED) is 0.789. The molecule has 1 N–H and O–H groups in total. The van der Waals surface area contributed by atoms with E-state index in [0.717, 1.165) is 15.8 Å². The zero-order chi connectivity index (χ0) is 17.3. The van der Waals surface area contributed by atoms with Crippen LogP contribution in [0.3, 0.4) is 0 Å². The lowest BCUT2D eigenvalue weighted by Crippen LogP contribution is -2.32. The summed E-state index contributed by atoms with van der Waals surface area (Å²) in [5.74, 6) is -0.161. The number of carbonyl (C=O) groups is 1. The van der Waals surface area contributed by atoms with Gasteiger partial charge in [-0.05, 0) is 49.6 Å². The molecule has 5 heteroatoms. The van der Waals surface area contributed by atoms with Gasteiger partial charge in [-0.2, -0.15) is 0 Å². The highest BCUT2D eigenvalue weighted by atomic mass is 32.1. The molecule has 1 aromatic heterocycles. The highest BCUT2D eigenvalue weighted by Crippen LogP contribution is 2.18. The number of para-hydroxylation sites is 1. The molecule has 1 amide bonds. The molecule has 1 atom stereocenters. The normalized spacial score (nSPS) is 12.3. The van der Waals surface area contributed by atoms with Crippen molar-refractivity contribution in [2.45, 2.75) is 33.4 Å². The summed E-state index contributed by atoms with van der Waals surface area (Å²) in [7, 11) is 0. The summed E-state index contributed by atoms with van der Waals surface area (Å²) in [5.41, 5.74) is 4.30. The number of nitrogens with one attached hydrogen (secondary N) is 1. The number of aromatic nitrogens is 1. The van der Waals surface area contributed by atoms with Crippen LogP contribution in [0.1, 0.15) is 29.7 Å². The second kappa shape index (κ2) is 6.61. The molecule has 124 valence electrons. The van der Waals surface area contributed by atoms with E-state index in [4.69, 9.17) is 0 Å². The van der Waals surface area contributed by atoms with Crippen molar-refractivity contribution in [3.63, 3.8) is 0 Å². The van der Waals surface area contributed by atoms with Crippen molar-refractivity contribution in [3.8, 4) is 0 Å². The van der Waals surface area contributed by atoms with E-state index in [1.165, 1.54) is 27.0 Å². The summed E-state index contributed by atoms with van der Waals surface area (Å²) < 4.78 is 2.43. The summed E-state index contributed by atoms with van der Waals surface area (Å²) in [6.07, 6.45) is 0. The van der Waals surface area contributed by atoms with Crippen LogP contribution >= 0.6 is 11.3 Å². The van der Waals surface area contributed by atoms with E-state index in [9.17, 15) is 9.59 Å². The molecule has 0 unspecified atom stereocenters. The lowest BCUT2D eigenvalue weighted by atomic mass is 10.0.